The summed E-state index contributed by atoms with van der Waals surface area (Å²) in [5.74, 6) is 6.66. The van der Waals surface area contributed by atoms with E-state index in [1.165, 1.54) is 22.4 Å². The van der Waals surface area contributed by atoms with Crippen LogP contribution in [0.1, 0.15) is 29.2 Å². The second-order valence-electron chi connectivity index (χ2n) is 5.99. The minimum absolute atomic E-state index is 0.538. The van der Waals surface area contributed by atoms with E-state index in [4.69, 9.17) is 0 Å². The van der Waals surface area contributed by atoms with Crippen molar-refractivity contribution in [1.82, 2.24) is 0 Å². The summed E-state index contributed by atoms with van der Waals surface area (Å²) in [5, 5.41) is 0. The molecule has 3 rings (SSSR count). The SMILES string of the molecule is Cc1cc(C)cc(C#CCN2c3ccccc3CC2C)c1. The Morgan fingerprint density at radius 1 is 1.10 bits per heavy atom. The van der Waals surface area contributed by atoms with E-state index in [9.17, 15) is 0 Å². The van der Waals surface area contributed by atoms with Gasteiger partial charge in [-0.2, -0.15) is 0 Å². The molecular formula is C20H21N. The Kier molecular flexibility index (Phi) is 3.71. The summed E-state index contributed by atoms with van der Waals surface area (Å²) in [5.41, 5.74) is 6.46. The van der Waals surface area contributed by atoms with Crippen LogP contribution in [0.25, 0.3) is 0 Å². The van der Waals surface area contributed by atoms with Crippen molar-refractivity contribution in [3.63, 3.8) is 0 Å². The van der Waals surface area contributed by atoms with Gasteiger partial charge in [-0.15, -0.1) is 0 Å². The van der Waals surface area contributed by atoms with Gasteiger partial charge in [-0.1, -0.05) is 36.1 Å². The molecule has 106 valence electrons. The van der Waals surface area contributed by atoms with Crippen LogP contribution in [0.2, 0.25) is 0 Å². The van der Waals surface area contributed by atoms with Crippen molar-refractivity contribution >= 4 is 5.69 Å². The van der Waals surface area contributed by atoms with Crippen LogP contribution in [0.3, 0.4) is 0 Å². The molecule has 0 saturated heterocycles. The van der Waals surface area contributed by atoms with E-state index in [1.54, 1.807) is 0 Å². The van der Waals surface area contributed by atoms with E-state index >= 15 is 0 Å². The number of anilines is 1. The van der Waals surface area contributed by atoms with Gasteiger partial charge in [0.25, 0.3) is 0 Å². The zero-order chi connectivity index (χ0) is 14.8. The van der Waals surface area contributed by atoms with Crippen molar-refractivity contribution in [3.8, 4) is 11.8 Å². The van der Waals surface area contributed by atoms with Gasteiger partial charge in [0.05, 0.1) is 6.54 Å². The summed E-state index contributed by atoms with van der Waals surface area (Å²) in [4.78, 5) is 2.41. The molecule has 1 aliphatic rings. The first-order valence-corrected chi connectivity index (χ1v) is 7.55. The van der Waals surface area contributed by atoms with Crippen molar-refractivity contribution in [2.45, 2.75) is 33.2 Å². The number of aryl methyl sites for hydroxylation is 2. The molecule has 0 fully saturated rings. The van der Waals surface area contributed by atoms with Crippen LogP contribution in [0.5, 0.6) is 0 Å². The van der Waals surface area contributed by atoms with E-state index in [0.717, 1.165) is 18.5 Å². The molecule has 0 aromatic heterocycles. The van der Waals surface area contributed by atoms with Crippen molar-refractivity contribution < 1.29 is 0 Å². The predicted molar refractivity (Wildman–Crippen MR) is 89.7 cm³/mol. The van der Waals surface area contributed by atoms with E-state index in [1.807, 2.05) is 0 Å². The van der Waals surface area contributed by atoms with Crippen LogP contribution in [-0.2, 0) is 6.42 Å². The fourth-order valence-electron chi connectivity index (χ4n) is 3.14. The molecule has 0 radical (unpaired) electrons. The topological polar surface area (TPSA) is 3.24 Å². The van der Waals surface area contributed by atoms with Gasteiger partial charge in [-0.25, -0.2) is 0 Å². The maximum Gasteiger partial charge on any atom is 0.0801 e. The summed E-state index contributed by atoms with van der Waals surface area (Å²) in [6.45, 7) is 7.32. The standard InChI is InChI=1S/C20H21N/c1-15-11-16(2)13-18(12-15)7-6-10-21-17(3)14-19-8-4-5-9-20(19)21/h4-5,8-9,11-13,17H,10,14H2,1-3H3. The van der Waals surface area contributed by atoms with Crippen LogP contribution in [-0.4, -0.2) is 12.6 Å². The Morgan fingerprint density at radius 2 is 1.81 bits per heavy atom. The predicted octanol–water partition coefficient (Wildman–Crippen LogP) is 4.11. The molecule has 1 heterocycles. The maximum atomic E-state index is 3.35. The van der Waals surface area contributed by atoms with Crippen molar-refractivity contribution in [2.24, 2.45) is 0 Å². The Labute approximate surface area is 127 Å². The third-order valence-electron chi connectivity index (χ3n) is 4.05. The molecule has 1 atom stereocenters. The number of hydrogen-bond donors (Lipinski definition) is 0. The average Bonchev–Trinajstić information content (AvgIpc) is 2.74. The second kappa shape index (κ2) is 5.66. The molecule has 0 spiro atoms. The minimum Gasteiger partial charge on any atom is -0.357 e. The third-order valence-corrected chi connectivity index (χ3v) is 4.05. The van der Waals surface area contributed by atoms with Crippen LogP contribution >= 0.6 is 0 Å². The monoisotopic (exact) mass is 275 g/mol. The lowest BCUT2D eigenvalue weighted by molar-refractivity contribution is 0.711. The zero-order valence-corrected chi connectivity index (χ0v) is 13.0. The highest BCUT2D eigenvalue weighted by Crippen LogP contribution is 2.31. The summed E-state index contributed by atoms with van der Waals surface area (Å²) in [6.07, 6.45) is 1.13. The van der Waals surface area contributed by atoms with Crippen molar-refractivity contribution in [2.75, 3.05) is 11.4 Å². The fraction of sp³-hybridized carbons (Fsp3) is 0.300. The van der Waals surface area contributed by atoms with Gasteiger partial charge in [0.15, 0.2) is 0 Å². The molecule has 2 aromatic carbocycles. The largest absolute Gasteiger partial charge is 0.357 e. The number of hydrogen-bond acceptors (Lipinski definition) is 1. The molecule has 2 aromatic rings. The number of rotatable bonds is 1. The van der Waals surface area contributed by atoms with Crippen LogP contribution in [0.4, 0.5) is 5.69 Å². The Morgan fingerprint density at radius 3 is 2.57 bits per heavy atom. The summed E-state index contributed by atoms with van der Waals surface area (Å²) < 4.78 is 0. The molecule has 0 amide bonds. The van der Waals surface area contributed by atoms with Crippen molar-refractivity contribution in [3.05, 3.63) is 64.7 Å². The molecule has 0 N–H and O–H groups in total. The number of benzene rings is 2. The molecule has 1 aliphatic heterocycles. The van der Waals surface area contributed by atoms with Crippen molar-refractivity contribution in [1.29, 1.82) is 0 Å². The maximum absolute atomic E-state index is 3.35. The van der Waals surface area contributed by atoms with Gasteiger partial charge in [0.2, 0.25) is 0 Å². The quantitative estimate of drug-likeness (QED) is 0.708. The molecule has 21 heavy (non-hydrogen) atoms. The molecule has 1 nitrogen and oxygen atoms in total. The molecule has 1 unspecified atom stereocenters. The fourth-order valence-corrected chi connectivity index (χ4v) is 3.14. The second-order valence-corrected chi connectivity index (χ2v) is 5.99. The first kappa shape index (κ1) is 13.8. The van der Waals surface area contributed by atoms with E-state index in [-0.39, 0.29) is 0 Å². The molecule has 0 aliphatic carbocycles. The lowest BCUT2D eigenvalue weighted by Gasteiger charge is -2.21. The van der Waals surface area contributed by atoms with Gasteiger partial charge in [0.1, 0.15) is 0 Å². The highest BCUT2D eigenvalue weighted by Gasteiger charge is 2.24. The normalized spacial score (nSPS) is 16.3. The average molecular weight is 275 g/mol. The van der Waals surface area contributed by atoms with Gasteiger partial charge in [-0.05, 0) is 62.1 Å². The lowest BCUT2D eigenvalue weighted by atomic mass is 10.1. The molecule has 1 heteroatoms. The van der Waals surface area contributed by atoms with Crippen LogP contribution in [0.15, 0.2) is 42.5 Å². The highest BCUT2D eigenvalue weighted by atomic mass is 15.2. The van der Waals surface area contributed by atoms with Crippen LogP contribution < -0.4 is 4.90 Å². The first-order valence-electron chi connectivity index (χ1n) is 7.55. The zero-order valence-electron chi connectivity index (χ0n) is 13.0. The minimum atomic E-state index is 0.538. The smallest absolute Gasteiger partial charge is 0.0801 e. The Hall–Kier alpha value is -2.20. The van der Waals surface area contributed by atoms with E-state index in [0.29, 0.717) is 6.04 Å². The van der Waals surface area contributed by atoms with Gasteiger partial charge >= 0.3 is 0 Å². The molecule has 0 bridgehead atoms. The van der Waals surface area contributed by atoms with E-state index < -0.39 is 0 Å². The van der Waals surface area contributed by atoms with E-state index in [2.05, 4.69) is 80.0 Å². The van der Waals surface area contributed by atoms with Gasteiger partial charge in [-0.3, -0.25) is 0 Å². The number of para-hydroxylation sites is 1. The summed E-state index contributed by atoms with van der Waals surface area (Å²) >= 11 is 0. The van der Waals surface area contributed by atoms with Gasteiger partial charge < -0.3 is 4.90 Å². The first-order chi connectivity index (χ1) is 10.1. The Balaban J connectivity index is 1.78. The summed E-state index contributed by atoms with van der Waals surface area (Å²) in [6, 6.07) is 15.7. The third kappa shape index (κ3) is 2.95. The summed E-state index contributed by atoms with van der Waals surface area (Å²) in [7, 11) is 0. The Bertz CT molecular complexity index is 698. The lowest BCUT2D eigenvalue weighted by Crippen LogP contribution is -2.29. The van der Waals surface area contributed by atoms with Gasteiger partial charge in [0, 0.05) is 17.3 Å². The molecular weight excluding hydrogens is 254 g/mol. The molecule has 0 saturated carbocycles. The highest BCUT2D eigenvalue weighted by molar-refractivity contribution is 5.60. The number of fused-ring (bicyclic) bond motifs is 1. The van der Waals surface area contributed by atoms with Crippen LogP contribution in [0, 0.1) is 25.7 Å². The number of nitrogens with zero attached hydrogens (tertiary/aromatic N) is 1.